The summed E-state index contributed by atoms with van der Waals surface area (Å²) in [7, 11) is -3.64. The van der Waals surface area contributed by atoms with Gasteiger partial charge in [0.1, 0.15) is 0 Å². The minimum absolute atomic E-state index is 0.214. The Hall–Kier alpha value is -2.71. The molecule has 8 heteroatoms. The molecule has 2 aromatic rings. The standard InChI is InChI=1S/C25H33N3O4S/c1-4-20-10-12-21(13-11-20)27-25(30)24(29)26-15-14-22-7-5-6-16-28(22)33(31,32)23-17-18(2)8-9-19(23)3/h8-13,17,22H,4-7,14-16H2,1-3H3,(H,26,29)(H,27,30). The van der Waals surface area contributed by atoms with E-state index in [9.17, 15) is 18.0 Å². The molecule has 1 atom stereocenters. The molecule has 178 valence electrons. The van der Waals surface area contributed by atoms with Crippen LogP contribution >= 0.6 is 0 Å². The molecule has 0 bridgehead atoms. The summed E-state index contributed by atoms with van der Waals surface area (Å²) >= 11 is 0. The molecule has 33 heavy (non-hydrogen) atoms. The number of amides is 2. The van der Waals surface area contributed by atoms with Gasteiger partial charge >= 0.3 is 11.8 Å². The Bertz CT molecular complexity index is 1100. The molecular formula is C25H33N3O4S. The average Bonchev–Trinajstić information content (AvgIpc) is 2.81. The van der Waals surface area contributed by atoms with E-state index in [-0.39, 0.29) is 12.6 Å². The monoisotopic (exact) mass is 471 g/mol. The first-order valence-electron chi connectivity index (χ1n) is 11.5. The van der Waals surface area contributed by atoms with Crippen molar-refractivity contribution in [3.05, 3.63) is 59.2 Å². The van der Waals surface area contributed by atoms with Crippen LogP contribution in [0.1, 0.15) is 49.3 Å². The topological polar surface area (TPSA) is 95.6 Å². The average molecular weight is 472 g/mol. The van der Waals surface area contributed by atoms with Crippen LogP contribution in [0.5, 0.6) is 0 Å². The number of piperidine rings is 1. The van der Waals surface area contributed by atoms with Crippen molar-refractivity contribution >= 4 is 27.5 Å². The number of benzene rings is 2. The number of hydrogen-bond donors (Lipinski definition) is 2. The van der Waals surface area contributed by atoms with E-state index in [1.807, 2.05) is 38.1 Å². The lowest BCUT2D eigenvalue weighted by atomic mass is 10.0. The largest absolute Gasteiger partial charge is 0.348 e. The molecule has 7 nitrogen and oxygen atoms in total. The number of hydrogen-bond acceptors (Lipinski definition) is 4. The summed E-state index contributed by atoms with van der Waals surface area (Å²) in [5, 5.41) is 5.22. The Labute approximate surface area is 196 Å². The molecule has 1 aliphatic heterocycles. The summed E-state index contributed by atoms with van der Waals surface area (Å²) in [6.07, 6.45) is 3.83. The quantitative estimate of drug-likeness (QED) is 0.604. The van der Waals surface area contributed by atoms with Crippen LogP contribution in [0.4, 0.5) is 5.69 Å². The maximum Gasteiger partial charge on any atom is 0.313 e. The summed E-state index contributed by atoms with van der Waals surface area (Å²) in [5.74, 6) is -1.46. The number of nitrogens with one attached hydrogen (secondary N) is 2. The van der Waals surface area contributed by atoms with E-state index in [1.165, 1.54) is 0 Å². The number of sulfonamides is 1. The van der Waals surface area contributed by atoms with Crippen LogP contribution in [-0.4, -0.2) is 43.7 Å². The molecule has 2 N–H and O–H groups in total. The van der Waals surface area contributed by atoms with Crippen molar-refractivity contribution in [1.82, 2.24) is 9.62 Å². The van der Waals surface area contributed by atoms with Gasteiger partial charge < -0.3 is 10.6 Å². The van der Waals surface area contributed by atoms with Crippen molar-refractivity contribution in [2.75, 3.05) is 18.4 Å². The molecule has 2 amide bonds. The third kappa shape index (κ3) is 6.21. The second-order valence-electron chi connectivity index (χ2n) is 8.58. The molecule has 3 rings (SSSR count). The van der Waals surface area contributed by atoms with Crippen LogP contribution in [0.25, 0.3) is 0 Å². The first-order valence-corrected chi connectivity index (χ1v) is 12.9. The summed E-state index contributed by atoms with van der Waals surface area (Å²) in [6, 6.07) is 12.6. The molecule has 1 heterocycles. The molecule has 1 unspecified atom stereocenters. The van der Waals surface area contributed by atoms with Crippen molar-refractivity contribution in [2.24, 2.45) is 0 Å². The van der Waals surface area contributed by atoms with E-state index in [0.717, 1.165) is 42.4 Å². The Kier molecular flexibility index (Phi) is 8.26. The first-order chi connectivity index (χ1) is 15.7. The van der Waals surface area contributed by atoms with Gasteiger partial charge in [0.2, 0.25) is 10.0 Å². The van der Waals surface area contributed by atoms with Crippen molar-refractivity contribution in [1.29, 1.82) is 0 Å². The molecule has 1 fully saturated rings. The van der Waals surface area contributed by atoms with Gasteiger partial charge in [-0.05, 0) is 74.4 Å². The lowest BCUT2D eigenvalue weighted by Crippen LogP contribution is -2.46. The zero-order chi connectivity index (χ0) is 24.0. The lowest BCUT2D eigenvalue weighted by molar-refractivity contribution is -0.136. The number of carbonyl (C=O) groups excluding carboxylic acids is 2. The minimum atomic E-state index is -3.64. The van der Waals surface area contributed by atoms with Crippen LogP contribution < -0.4 is 10.6 Å². The highest BCUT2D eigenvalue weighted by Crippen LogP contribution is 2.29. The second kappa shape index (κ2) is 10.9. The molecule has 0 spiro atoms. The van der Waals surface area contributed by atoms with E-state index >= 15 is 0 Å². The van der Waals surface area contributed by atoms with Gasteiger partial charge in [0.15, 0.2) is 0 Å². The van der Waals surface area contributed by atoms with Crippen molar-refractivity contribution < 1.29 is 18.0 Å². The van der Waals surface area contributed by atoms with Crippen LogP contribution in [0, 0.1) is 13.8 Å². The number of aryl methyl sites for hydroxylation is 3. The number of rotatable bonds is 7. The van der Waals surface area contributed by atoms with Crippen molar-refractivity contribution in [3.63, 3.8) is 0 Å². The van der Waals surface area contributed by atoms with Gasteiger partial charge in [0.05, 0.1) is 4.90 Å². The molecule has 0 saturated carbocycles. The number of anilines is 1. The summed E-state index contributed by atoms with van der Waals surface area (Å²) in [4.78, 5) is 24.8. The maximum atomic E-state index is 13.4. The zero-order valence-electron chi connectivity index (χ0n) is 19.6. The third-order valence-electron chi connectivity index (χ3n) is 6.09. The lowest BCUT2D eigenvalue weighted by Gasteiger charge is -2.35. The van der Waals surface area contributed by atoms with Crippen LogP contribution in [0.2, 0.25) is 0 Å². The molecular weight excluding hydrogens is 438 g/mol. The fraction of sp³-hybridized carbons (Fsp3) is 0.440. The minimum Gasteiger partial charge on any atom is -0.348 e. The Morgan fingerprint density at radius 2 is 1.76 bits per heavy atom. The van der Waals surface area contributed by atoms with Gasteiger partial charge in [0, 0.05) is 24.8 Å². The highest BCUT2D eigenvalue weighted by Gasteiger charge is 2.34. The highest BCUT2D eigenvalue weighted by molar-refractivity contribution is 7.89. The number of carbonyl (C=O) groups is 2. The fourth-order valence-corrected chi connectivity index (χ4v) is 6.17. The van der Waals surface area contributed by atoms with E-state index in [1.54, 1.807) is 29.4 Å². The van der Waals surface area contributed by atoms with Crippen molar-refractivity contribution in [3.8, 4) is 0 Å². The normalized spacial score (nSPS) is 16.9. The van der Waals surface area contributed by atoms with Crippen molar-refractivity contribution in [2.45, 2.75) is 63.8 Å². The van der Waals surface area contributed by atoms with Gasteiger partial charge in [-0.3, -0.25) is 9.59 Å². The highest BCUT2D eigenvalue weighted by atomic mass is 32.2. The third-order valence-corrected chi connectivity index (χ3v) is 8.19. The SMILES string of the molecule is CCc1ccc(NC(=O)C(=O)NCCC2CCCCN2S(=O)(=O)c2cc(C)ccc2C)cc1. The van der Waals surface area contributed by atoms with Crippen LogP contribution in [-0.2, 0) is 26.0 Å². The molecule has 0 aromatic heterocycles. The van der Waals surface area contributed by atoms with Gasteiger partial charge in [-0.1, -0.05) is 37.6 Å². The van der Waals surface area contributed by atoms with E-state index in [2.05, 4.69) is 10.6 Å². The summed E-state index contributed by atoms with van der Waals surface area (Å²) in [5.41, 5.74) is 3.33. The fourth-order valence-electron chi connectivity index (χ4n) is 4.13. The van der Waals surface area contributed by atoms with Crippen LogP contribution in [0.15, 0.2) is 47.4 Å². The molecule has 0 aliphatic carbocycles. The van der Waals surface area contributed by atoms with Gasteiger partial charge in [-0.25, -0.2) is 8.42 Å². The van der Waals surface area contributed by atoms with Gasteiger partial charge in [-0.2, -0.15) is 4.31 Å². The molecule has 1 saturated heterocycles. The van der Waals surface area contributed by atoms with E-state index in [4.69, 9.17) is 0 Å². The molecule has 1 aliphatic rings. The zero-order valence-corrected chi connectivity index (χ0v) is 20.4. The predicted octanol–water partition coefficient (Wildman–Crippen LogP) is 3.55. The molecule has 2 aromatic carbocycles. The smallest absolute Gasteiger partial charge is 0.313 e. The Morgan fingerprint density at radius 3 is 2.45 bits per heavy atom. The van der Waals surface area contributed by atoms with Crippen LogP contribution in [0.3, 0.4) is 0 Å². The second-order valence-corrected chi connectivity index (χ2v) is 10.4. The molecule has 0 radical (unpaired) electrons. The summed E-state index contributed by atoms with van der Waals surface area (Å²) in [6.45, 7) is 6.42. The number of nitrogens with zero attached hydrogens (tertiary/aromatic N) is 1. The van der Waals surface area contributed by atoms with E-state index < -0.39 is 21.8 Å². The summed E-state index contributed by atoms with van der Waals surface area (Å²) < 4.78 is 28.4. The predicted molar refractivity (Wildman–Crippen MR) is 130 cm³/mol. The van der Waals surface area contributed by atoms with Gasteiger partial charge in [0.25, 0.3) is 0 Å². The van der Waals surface area contributed by atoms with Gasteiger partial charge in [-0.15, -0.1) is 0 Å². The maximum absolute atomic E-state index is 13.4. The van der Waals surface area contributed by atoms with E-state index in [0.29, 0.717) is 23.5 Å². The Balaban J connectivity index is 1.59. The Morgan fingerprint density at radius 1 is 1.03 bits per heavy atom. The first kappa shape index (κ1) is 24.9.